The summed E-state index contributed by atoms with van der Waals surface area (Å²) in [6.07, 6.45) is 0.0714. The van der Waals surface area contributed by atoms with Gasteiger partial charge in [-0.2, -0.15) is 0 Å². The Hall–Kier alpha value is -3.17. The van der Waals surface area contributed by atoms with Gasteiger partial charge in [0.15, 0.2) is 0 Å². The minimum atomic E-state index is -0.415. The summed E-state index contributed by atoms with van der Waals surface area (Å²) in [6, 6.07) is 17.2. The smallest absolute Gasteiger partial charge is 0.281 e. The standard InChI is InChI=1S/C22H20N4O3S2/c1-14-20(31-22(23-14)15-7-3-2-4-8-15)21(29)25-24-18(27)11-12-26-16-9-5-6-10-17(16)30-13-19(26)28/h2-10H,11-13H2,1H3,(H,24,27)(H,25,29). The summed E-state index contributed by atoms with van der Waals surface area (Å²) in [5, 5.41) is 0.745. The van der Waals surface area contributed by atoms with E-state index >= 15 is 0 Å². The van der Waals surface area contributed by atoms with E-state index in [1.165, 1.54) is 23.1 Å². The fraction of sp³-hybridized carbons (Fsp3) is 0.182. The Bertz CT molecular complexity index is 1130. The zero-order valence-electron chi connectivity index (χ0n) is 16.8. The van der Waals surface area contributed by atoms with Crippen molar-refractivity contribution >= 4 is 46.5 Å². The second-order valence-electron chi connectivity index (χ2n) is 6.85. The molecule has 0 radical (unpaired) electrons. The minimum Gasteiger partial charge on any atom is -0.310 e. The van der Waals surface area contributed by atoms with Crippen LogP contribution >= 0.6 is 23.1 Å². The lowest BCUT2D eigenvalue weighted by atomic mass is 10.2. The van der Waals surface area contributed by atoms with Gasteiger partial charge in [-0.1, -0.05) is 42.5 Å². The van der Waals surface area contributed by atoms with Crippen molar-refractivity contribution < 1.29 is 14.4 Å². The maximum atomic E-state index is 12.5. The molecule has 0 spiro atoms. The number of nitrogens with one attached hydrogen (secondary N) is 2. The van der Waals surface area contributed by atoms with E-state index in [0.29, 0.717) is 16.3 Å². The van der Waals surface area contributed by atoms with Gasteiger partial charge >= 0.3 is 0 Å². The lowest BCUT2D eigenvalue weighted by molar-refractivity contribution is -0.121. The number of aromatic nitrogens is 1. The van der Waals surface area contributed by atoms with Gasteiger partial charge in [0.05, 0.1) is 17.1 Å². The normalized spacial score (nSPS) is 12.9. The topological polar surface area (TPSA) is 91.4 Å². The number of hydrazine groups is 1. The molecule has 2 N–H and O–H groups in total. The van der Waals surface area contributed by atoms with E-state index in [-0.39, 0.29) is 24.8 Å². The van der Waals surface area contributed by atoms with Crippen LogP contribution in [0.3, 0.4) is 0 Å². The van der Waals surface area contributed by atoms with E-state index in [2.05, 4.69) is 15.8 Å². The average molecular weight is 453 g/mol. The van der Waals surface area contributed by atoms with Crippen LogP contribution in [0.2, 0.25) is 0 Å². The van der Waals surface area contributed by atoms with Crippen LogP contribution in [0.25, 0.3) is 10.6 Å². The van der Waals surface area contributed by atoms with Gasteiger partial charge in [0.1, 0.15) is 9.88 Å². The molecule has 0 atom stereocenters. The number of benzene rings is 2. The molecule has 0 aliphatic carbocycles. The maximum absolute atomic E-state index is 12.5. The van der Waals surface area contributed by atoms with Crippen molar-refractivity contribution in [2.24, 2.45) is 0 Å². The highest BCUT2D eigenvalue weighted by Gasteiger charge is 2.25. The molecule has 0 unspecified atom stereocenters. The van der Waals surface area contributed by atoms with Gasteiger partial charge in [-0.15, -0.1) is 23.1 Å². The fourth-order valence-corrected chi connectivity index (χ4v) is 5.07. The molecule has 4 rings (SSSR count). The number of fused-ring (bicyclic) bond motifs is 1. The Kier molecular flexibility index (Phi) is 6.34. The molecule has 1 aromatic heterocycles. The van der Waals surface area contributed by atoms with Crippen LogP contribution in [0, 0.1) is 6.92 Å². The third-order valence-corrected chi connectivity index (χ3v) is 6.96. The van der Waals surface area contributed by atoms with Gasteiger partial charge in [-0.25, -0.2) is 4.98 Å². The molecule has 9 heteroatoms. The summed E-state index contributed by atoms with van der Waals surface area (Å²) in [6.45, 7) is 2.01. The summed E-state index contributed by atoms with van der Waals surface area (Å²) in [7, 11) is 0. The molecule has 7 nitrogen and oxygen atoms in total. The molecule has 2 aromatic carbocycles. The number of hydrogen-bond acceptors (Lipinski definition) is 6. The van der Waals surface area contributed by atoms with Crippen molar-refractivity contribution in [3.05, 3.63) is 65.2 Å². The molecule has 31 heavy (non-hydrogen) atoms. The van der Waals surface area contributed by atoms with Crippen molar-refractivity contribution in [3.63, 3.8) is 0 Å². The number of carbonyl (C=O) groups is 3. The number of thioether (sulfide) groups is 1. The van der Waals surface area contributed by atoms with Crippen molar-refractivity contribution in [2.45, 2.75) is 18.2 Å². The molecule has 0 bridgehead atoms. The first-order chi connectivity index (χ1) is 15.0. The van der Waals surface area contributed by atoms with Crippen molar-refractivity contribution in [1.29, 1.82) is 0 Å². The molecule has 2 heterocycles. The number of rotatable bonds is 5. The third kappa shape index (κ3) is 4.78. The van der Waals surface area contributed by atoms with Crippen LogP contribution < -0.4 is 15.8 Å². The highest BCUT2D eigenvalue weighted by Crippen LogP contribution is 2.34. The predicted molar refractivity (Wildman–Crippen MR) is 122 cm³/mol. The number of carbonyl (C=O) groups excluding carboxylic acids is 3. The number of anilines is 1. The van der Waals surface area contributed by atoms with Gasteiger partial charge in [-0.3, -0.25) is 25.2 Å². The number of amides is 3. The zero-order chi connectivity index (χ0) is 21.8. The van der Waals surface area contributed by atoms with E-state index in [1.54, 1.807) is 11.8 Å². The second-order valence-corrected chi connectivity index (χ2v) is 8.87. The van der Waals surface area contributed by atoms with E-state index in [0.717, 1.165) is 21.2 Å². The van der Waals surface area contributed by atoms with Gasteiger partial charge < -0.3 is 4.90 Å². The summed E-state index contributed by atoms with van der Waals surface area (Å²) in [5.41, 5.74) is 7.23. The van der Waals surface area contributed by atoms with Crippen LogP contribution in [0.4, 0.5) is 5.69 Å². The van der Waals surface area contributed by atoms with Crippen LogP contribution in [-0.2, 0) is 9.59 Å². The first-order valence-corrected chi connectivity index (χ1v) is 11.5. The Morgan fingerprint density at radius 2 is 1.81 bits per heavy atom. The Morgan fingerprint density at radius 3 is 2.61 bits per heavy atom. The number of para-hydroxylation sites is 1. The second kappa shape index (κ2) is 9.32. The van der Waals surface area contributed by atoms with E-state index < -0.39 is 5.91 Å². The summed E-state index contributed by atoms with van der Waals surface area (Å²) < 4.78 is 0. The summed E-state index contributed by atoms with van der Waals surface area (Å²) in [5.74, 6) is -0.470. The molecule has 3 aromatic rings. The first-order valence-electron chi connectivity index (χ1n) is 9.67. The average Bonchev–Trinajstić information content (AvgIpc) is 3.19. The number of thiazole rings is 1. The SMILES string of the molecule is Cc1nc(-c2ccccc2)sc1C(=O)NNC(=O)CCN1C(=O)CSc2ccccc21. The zero-order valence-corrected chi connectivity index (χ0v) is 18.4. The highest BCUT2D eigenvalue weighted by molar-refractivity contribution is 8.00. The molecule has 1 aliphatic rings. The minimum absolute atomic E-state index is 0.0331. The van der Waals surface area contributed by atoms with Crippen molar-refractivity contribution in [1.82, 2.24) is 15.8 Å². The van der Waals surface area contributed by atoms with E-state index in [9.17, 15) is 14.4 Å². The maximum Gasteiger partial charge on any atom is 0.281 e. The molecular formula is C22H20N4O3S2. The van der Waals surface area contributed by atoms with E-state index in [4.69, 9.17) is 0 Å². The molecule has 1 aliphatic heterocycles. The van der Waals surface area contributed by atoms with Gasteiger partial charge in [-0.05, 0) is 19.1 Å². The lowest BCUT2D eigenvalue weighted by Crippen LogP contribution is -2.44. The number of hydrogen-bond donors (Lipinski definition) is 2. The summed E-state index contributed by atoms with van der Waals surface area (Å²) in [4.78, 5) is 44.6. The number of nitrogens with zero attached hydrogens (tertiary/aromatic N) is 2. The Morgan fingerprint density at radius 1 is 1.06 bits per heavy atom. The molecular weight excluding hydrogens is 432 g/mol. The van der Waals surface area contributed by atoms with Gasteiger partial charge in [0.25, 0.3) is 5.91 Å². The van der Waals surface area contributed by atoms with Crippen LogP contribution in [0.1, 0.15) is 21.8 Å². The fourth-order valence-electron chi connectivity index (χ4n) is 3.17. The first kappa shape index (κ1) is 21.1. The lowest BCUT2D eigenvalue weighted by Gasteiger charge is -2.28. The number of aryl methyl sites for hydroxylation is 1. The van der Waals surface area contributed by atoms with Gasteiger partial charge in [0, 0.05) is 23.4 Å². The Balaban J connectivity index is 1.33. The monoisotopic (exact) mass is 452 g/mol. The third-order valence-electron chi connectivity index (χ3n) is 4.71. The molecule has 3 amide bonds. The highest BCUT2D eigenvalue weighted by atomic mass is 32.2. The van der Waals surface area contributed by atoms with Crippen molar-refractivity contribution in [3.8, 4) is 10.6 Å². The van der Waals surface area contributed by atoms with Crippen LogP contribution in [0.5, 0.6) is 0 Å². The van der Waals surface area contributed by atoms with E-state index in [1.807, 2.05) is 54.6 Å². The van der Waals surface area contributed by atoms with Gasteiger partial charge in [0.2, 0.25) is 11.8 Å². The van der Waals surface area contributed by atoms with Crippen LogP contribution in [0.15, 0.2) is 59.5 Å². The molecule has 0 saturated carbocycles. The summed E-state index contributed by atoms with van der Waals surface area (Å²) >= 11 is 2.77. The molecule has 0 saturated heterocycles. The quantitative estimate of drug-likeness (QED) is 0.579. The van der Waals surface area contributed by atoms with Crippen LogP contribution in [-0.4, -0.2) is 35.0 Å². The van der Waals surface area contributed by atoms with Crippen molar-refractivity contribution in [2.75, 3.05) is 17.2 Å². The largest absolute Gasteiger partial charge is 0.310 e. The predicted octanol–water partition coefficient (Wildman–Crippen LogP) is 3.41. The molecule has 0 fully saturated rings. The molecule has 158 valence electrons. The Labute approximate surface area is 187 Å².